The highest BCUT2D eigenvalue weighted by Gasteiger charge is 2.30. The van der Waals surface area contributed by atoms with E-state index in [1.54, 1.807) is 18.2 Å². The van der Waals surface area contributed by atoms with Crippen LogP contribution in [0.2, 0.25) is 0 Å². The van der Waals surface area contributed by atoms with E-state index in [-0.39, 0.29) is 6.42 Å². The zero-order valence-corrected chi connectivity index (χ0v) is 10.6. The van der Waals surface area contributed by atoms with Crippen molar-refractivity contribution in [3.63, 3.8) is 0 Å². The first-order valence-corrected chi connectivity index (χ1v) is 5.45. The van der Waals surface area contributed by atoms with E-state index in [0.717, 1.165) is 11.6 Å². The molecule has 1 aromatic rings. The van der Waals surface area contributed by atoms with Crippen molar-refractivity contribution in [2.75, 3.05) is 7.11 Å². The molecule has 0 radical (unpaired) electrons. The van der Waals surface area contributed by atoms with Crippen molar-refractivity contribution in [3.8, 4) is 0 Å². The molecule has 88 valence electrons. The van der Waals surface area contributed by atoms with Gasteiger partial charge in [0.25, 0.3) is 5.78 Å². The van der Waals surface area contributed by atoms with Crippen molar-refractivity contribution >= 4 is 33.4 Å². The fraction of sp³-hybridized carbons (Fsp3) is 0.182. The lowest BCUT2D eigenvalue weighted by atomic mass is 10.1. The summed E-state index contributed by atoms with van der Waals surface area (Å²) in [4.78, 5) is 25.4. The minimum absolute atomic E-state index is 0.0338. The maximum absolute atomic E-state index is 11.6. The molecule has 0 aliphatic carbocycles. The first-order valence-electron chi connectivity index (χ1n) is 4.66. The summed E-state index contributed by atoms with van der Waals surface area (Å²) < 4.78 is 5.15. The SMILES string of the molecule is COC(=O)C(=[N+]=[N-])C(=O)Cc1cccc(Br)c1. The Bertz CT molecular complexity index is 507. The Balaban J connectivity index is 2.86. The third-order valence-electron chi connectivity index (χ3n) is 2.00. The zero-order valence-electron chi connectivity index (χ0n) is 9.01. The molecule has 1 rings (SSSR count). The second kappa shape index (κ2) is 6.08. The third kappa shape index (κ3) is 3.62. The third-order valence-corrected chi connectivity index (χ3v) is 2.49. The van der Waals surface area contributed by atoms with Crippen LogP contribution in [0.3, 0.4) is 0 Å². The van der Waals surface area contributed by atoms with Gasteiger partial charge in [-0.25, -0.2) is 4.79 Å². The number of hydrogen-bond donors (Lipinski definition) is 0. The van der Waals surface area contributed by atoms with E-state index in [4.69, 9.17) is 5.53 Å². The normalized spacial score (nSPS) is 9.29. The number of benzene rings is 1. The van der Waals surface area contributed by atoms with Gasteiger partial charge in [-0.3, -0.25) is 4.79 Å². The molecular formula is C11H9BrN2O3. The van der Waals surface area contributed by atoms with Gasteiger partial charge in [0, 0.05) is 10.9 Å². The predicted octanol–water partition coefficient (Wildman–Crippen LogP) is 1.40. The summed E-state index contributed by atoms with van der Waals surface area (Å²) in [5.41, 5.74) is 8.69. The van der Waals surface area contributed by atoms with Crippen molar-refractivity contribution in [2.24, 2.45) is 0 Å². The number of Topliss-reactive ketones (excluding diaryl/α,β-unsaturated/α-hetero) is 1. The Labute approximate surface area is 106 Å². The maximum atomic E-state index is 11.6. The number of ether oxygens (including phenoxy) is 1. The van der Waals surface area contributed by atoms with Gasteiger partial charge in [0.05, 0.1) is 7.11 Å². The molecule has 0 amide bonds. The first kappa shape index (κ1) is 13.3. The number of ketones is 1. The van der Waals surface area contributed by atoms with Crippen LogP contribution in [0, 0.1) is 0 Å². The molecule has 0 aliphatic rings. The molecule has 0 saturated heterocycles. The van der Waals surface area contributed by atoms with E-state index >= 15 is 0 Å². The Hall–Kier alpha value is -1.78. The predicted molar refractivity (Wildman–Crippen MR) is 63.5 cm³/mol. The molecule has 1 aromatic carbocycles. The average molecular weight is 297 g/mol. The van der Waals surface area contributed by atoms with E-state index in [1.165, 1.54) is 0 Å². The van der Waals surface area contributed by atoms with Gasteiger partial charge < -0.3 is 10.3 Å². The van der Waals surface area contributed by atoms with Crippen molar-refractivity contribution in [1.82, 2.24) is 0 Å². The van der Waals surface area contributed by atoms with Crippen LogP contribution in [-0.4, -0.2) is 29.4 Å². The van der Waals surface area contributed by atoms with Gasteiger partial charge in [0.2, 0.25) is 0 Å². The van der Waals surface area contributed by atoms with Crippen LogP contribution in [-0.2, 0) is 20.7 Å². The average Bonchev–Trinajstić information content (AvgIpc) is 2.29. The molecule has 0 heterocycles. The molecule has 0 aliphatic heterocycles. The lowest BCUT2D eigenvalue weighted by molar-refractivity contribution is -0.139. The lowest BCUT2D eigenvalue weighted by Gasteiger charge is -1.98. The zero-order chi connectivity index (χ0) is 12.8. The van der Waals surface area contributed by atoms with Crippen LogP contribution in [0.4, 0.5) is 0 Å². The summed E-state index contributed by atoms with van der Waals surface area (Å²) in [6.45, 7) is 0. The number of carbonyl (C=O) groups is 2. The van der Waals surface area contributed by atoms with Crippen molar-refractivity contribution in [3.05, 3.63) is 39.8 Å². The smallest absolute Gasteiger partial charge is 0.441 e. The number of halogens is 1. The van der Waals surface area contributed by atoms with E-state index in [1.807, 2.05) is 6.07 Å². The van der Waals surface area contributed by atoms with Crippen LogP contribution in [0.15, 0.2) is 28.7 Å². The van der Waals surface area contributed by atoms with Crippen molar-refractivity contribution < 1.29 is 19.1 Å². The molecule has 0 fully saturated rings. The first-order chi connectivity index (χ1) is 8.08. The number of carbonyl (C=O) groups excluding carboxylic acids is 2. The lowest BCUT2D eigenvalue weighted by Crippen LogP contribution is -2.27. The Morgan fingerprint density at radius 3 is 2.71 bits per heavy atom. The fourth-order valence-corrected chi connectivity index (χ4v) is 1.67. The molecule has 17 heavy (non-hydrogen) atoms. The van der Waals surface area contributed by atoms with Crippen LogP contribution < -0.4 is 0 Å². The molecule has 5 nitrogen and oxygen atoms in total. The van der Waals surface area contributed by atoms with Gasteiger partial charge >= 0.3 is 11.7 Å². The largest absolute Gasteiger partial charge is 0.460 e. The van der Waals surface area contributed by atoms with Gasteiger partial charge in [0.1, 0.15) is 0 Å². The van der Waals surface area contributed by atoms with E-state index in [0.29, 0.717) is 5.56 Å². The summed E-state index contributed by atoms with van der Waals surface area (Å²) in [7, 11) is 1.11. The number of hydrogen-bond acceptors (Lipinski definition) is 3. The standard InChI is InChI=1S/C11H9BrN2O3/c1-17-11(16)10(14-13)9(15)6-7-3-2-4-8(12)5-7/h2-5H,6H2,1H3. The topological polar surface area (TPSA) is 79.8 Å². The van der Waals surface area contributed by atoms with E-state index < -0.39 is 17.5 Å². The molecule has 6 heteroatoms. The van der Waals surface area contributed by atoms with Crippen LogP contribution in [0.5, 0.6) is 0 Å². The fourth-order valence-electron chi connectivity index (χ4n) is 1.22. The van der Waals surface area contributed by atoms with Crippen molar-refractivity contribution in [1.29, 1.82) is 0 Å². The molecule has 0 aromatic heterocycles. The van der Waals surface area contributed by atoms with Gasteiger partial charge in [-0.15, -0.1) is 0 Å². The molecular weight excluding hydrogens is 288 g/mol. The molecule has 0 spiro atoms. The summed E-state index contributed by atoms with van der Waals surface area (Å²) in [6.07, 6.45) is -0.0338. The van der Waals surface area contributed by atoms with Gasteiger partial charge in [-0.05, 0) is 17.7 Å². The quantitative estimate of drug-likeness (QED) is 0.277. The minimum Gasteiger partial charge on any atom is -0.460 e. The van der Waals surface area contributed by atoms with Gasteiger partial charge in [-0.1, -0.05) is 28.1 Å². The van der Waals surface area contributed by atoms with Gasteiger partial charge in [-0.2, -0.15) is 4.79 Å². The van der Waals surface area contributed by atoms with Crippen LogP contribution in [0.25, 0.3) is 5.53 Å². The Kier molecular flexibility index (Phi) is 4.75. The molecule has 0 atom stereocenters. The second-order valence-electron chi connectivity index (χ2n) is 3.17. The molecule has 0 saturated carbocycles. The Morgan fingerprint density at radius 1 is 1.47 bits per heavy atom. The summed E-state index contributed by atoms with van der Waals surface area (Å²) in [6, 6.07) is 7.05. The van der Waals surface area contributed by atoms with Crippen LogP contribution >= 0.6 is 15.9 Å². The number of esters is 1. The summed E-state index contributed by atoms with van der Waals surface area (Å²) in [5.74, 6) is -1.55. The van der Waals surface area contributed by atoms with Crippen LogP contribution in [0.1, 0.15) is 5.56 Å². The summed E-state index contributed by atoms with van der Waals surface area (Å²) >= 11 is 3.27. The Morgan fingerprint density at radius 2 is 2.18 bits per heavy atom. The molecule has 0 bridgehead atoms. The van der Waals surface area contributed by atoms with Gasteiger partial charge in [0.15, 0.2) is 0 Å². The number of methoxy groups -OCH3 is 1. The molecule has 0 unspecified atom stereocenters. The molecule has 0 N–H and O–H groups in total. The minimum atomic E-state index is -0.951. The van der Waals surface area contributed by atoms with E-state index in [9.17, 15) is 9.59 Å². The number of rotatable bonds is 4. The van der Waals surface area contributed by atoms with E-state index in [2.05, 4.69) is 25.5 Å². The highest BCUT2D eigenvalue weighted by molar-refractivity contribution is 9.10. The summed E-state index contributed by atoms with van der Waals surface area (Å²) in [5, 5.41) is 0. The number of nitrogens with zero attached hydrogens (tertiary/aromatic N) is 2. The highest BCUT2D eigenvalue weighted by atomic mass is 79.9. The second-order valence-corrected chi connectivity index (χ2v) is 4.09. The monoisotopic (exact) mass is 296 g/mol. The van der Waals surface area contributed by atoms with Crippen molar-refractivity contribution in [2.45, 2.75) is 6.42 Å². The highest BCUT2D eigenvalue weighted by Crippen LogP contribution is 2.12. The maximum Gasteiger partial charge on any atom is 0.441 e.